The highest BCUT2D eigenvalue weighted by Gasteiger charge is 2.58. The number of nitrogens with zero attached hydrogens (tertiary/aromatic N) is 1. The first-order valence-corrected chi connectivity index (χ1v) is 13.0. The lowest BCUT2D eigenvalue weighted by Gasteiger charge is -2.27. The molecule has 186 valence electrons. The molecule has 4 unspecified atom stereocenters. The van der Waals surface area contributed by atoms with Gasteiger partial charge in [0.1, 0.15) is 12.2 Å². The van der Waals surface area contributed by atoms with Crippen molar-refractivity contribution in [3.8, 4) is 12.3 Å². The summed E-state index contributed by atoms with van der Waals surface area (Å²) in [7, 11) is -17.1. The van der Waals surface area contributed by atoms with Crippen LogP contribution in [0.2, 0.25) is 0 Å². The summed E-state index contributed by atoms with van der Waals surface area (Å²) in [6, 6.07) is 0.955. The minimum atomic E-state index is -5.81. The SMILES string of the molecule is C#C[C@@]1(O)C(O)C([C@@H](C)OP(=O)(O)OP(=O)(O)OP(=O)(O)O)O[C@H]1n1c(C)cc(=O)[nH]c1=O. The number of rotatable bonds is 8. The Labute approximate surface area is 184 Å². The van der Waals surface area contributed by atoms with Crippen LogP contribution in [-0.2, 0) is 31.6 Å². The molecule has 17 nitrogen and oxygen atoms in total. The second kappa shape index (κ2) is 9.29. The van der Waals surface area contributed by atoms with E-state index in [0.29, 0.717) is 4.57 Å². The van der Waals surface area contributed by atoms with Crippen molar-refractivity contribution >= 4 is 23.5 Å². The fourth-order valence-corrected chi connectivity index (χ4v) is 6.19. The molecule has 2 rings (SSSR count). The van der Waals surface area contributed by atoms with Crippen LogP contribution in [0.1, 0.15) is 18.8 Å². The van der Waals surface area contributed by atoms with E-state index in [2.05, 4.69) is 13.1 Å². The average Bonchev–Trinajstić information content (AvgIpc) is 2.83. The third kappa shape index (κ3) is 6.36. The molecule has 1 fully saturated rings. The number of aromatic nitrogens is 2. The van der Waals surface area contributed by atoms with Gasteiger partial charge in [-0.05, 0) is 13.8 Å². The topological polar surface area (TPSA) is 264 Å². The van der Waals surface area contributed by atoms with E-state index in [1.54, 1.807) is 0 Å². The van der Waals surface area contributed by atoms with E-state index < -0.39 is 64.9 Å². The molecule has 0 saturated carbocycles. The molecule has 0 radical (unpaired) electrons. The van der Waals surface area contributed by atoms with Gasteiger partial charge in [-0.3, -0.25) is 18.9 Å². The number of hydrogen-bond acceptors (Lipinski definition) is 11. The van der Waals surface area contributed by atoms with Crippen molar-refractivity contribution in [1.82, 2.24) is 9.55 Å². The van der Waals surface area contributed by atoms with Crippen LogP contribution in [0.3, 0.4) is 0 Å². The molecular weight excluding hydrogens is 517 g/mol. The Morgan fingerprint density at radius 2 is 1.79 bits per heavy atom. The zero-order valence-corrected chi connectivity index (χ0v) is 19.3. The molecule has 0 aliphatic carbocycles. The molecule has 7 atom stereocenters. The standard InChI is InChI=1S/C13H19N2O15P3/c1-4-13(19)10(17)9(27-11(13)15-6(2)5-8(16)14-12(15)18)7(3)28-32(23,24)30-33(25,26)29-31(20,21)22/h1,5,7,9-11,17,19H,2-3H3,(H,23,24)(H,25,26)(H,14,16,18)(H2,20,21,22)/t7-,9?,10?,11-,13-/m1/s1. The number of aliphatic hydroxyl groups is 2. The maximum absolute atomic E-state index is 12.2. The number of phosphoric ester groups is 1. The normalized spacial score (nSPS) is 30.2. The Hall–Kier alpha value is -1.47. The summed E-state index contributed by atoms with van der Waals surface area (Å²) in [4.78, 5) is 61.5. The Bertz CT molecular complexity index is 1210. The smallest absolute Gasteiger partial charge is 0.386 e. The summed E-state index contributed by atoms with van der Waals surface area (Å²) in [6.07, 6.45) is -2.18. The second-order valence-electron chi connectivity index (χ2n) is 6.72. The van der Waals surface area contributed by atoms with Crippen LogP contribution in [0.25, 0.3) is 0 Å². The lowest BCUT2D eigenvalue weighted by molar-refractivity contribution is -0.0877. The van der Waals surface area contributed by atoms with Gasteiger partial charge in [0.05, 0.1) is 6.10 Å². The van der Waals surface area contributed by atoms with Crippen molar-refractivity contribution in [3.63, 3.8) is 0 Å². The fraction of sp³-hybridized carbons (Fsp3) is 0.538. The number of hydrogen-bond donors (Lipinski definition) is 7. The van der Waals surface area contributed by atoms with Gasteiger partial charge in [-0.25, -0.2) is 18.5 Å². The maximum Gasteiger partial charge on any atom is 0.490 e. The lowest BCUT2D eigenvalue weighted by Crippen LogP contribution is -2.49. The van der Waals surface area contributed by atoms with Gasteiger partial charge in [0.15, 0.2) is 11.8 Å². The zero-order valence-electron chi connectivity index (χ0n) is 16.6. The van der Waals surface area contributed by atoms with Crippen molar-refractivity contribution in [2.24, 2.45) is 0 Å². The summed E-state index contributed by atoms with van der Waals surface area (Å²) in [6.45, 7) is 2.25. The molecule has 20 heteroatoms. The first-order valence-electron chi connectivity index (χ1n) is 8.50. The lowest BCUT2D eigenvalue weighted by atomic mass is 9.93. The average molecular weight is 536 g/mol. The predicted molar refractivity (Wildman–Crippen MR) is 104 cm³/mol. The molecular formula is C13H19N2O15P3. The summed E-state index contributed by atoms with van der Waals surface area (Å²) in [5.74, 6) is 1.84. The molecule has 1 saturated heterocycles. The number of H-pyrrole nitrogens is 1. The number of nitrogens with one attached hydrogen (secondary N) is 1. The van der Waals surface area contributed by atoms with E-state index in [-0.39, 0.29) is 5.69 Å². The minimum absolute atomic E-state index is 0.0455. The molecule has 0 aromatic carbocycles. The van der Waals surface area contributed by atoms with Gasteiger partial charge < -0.3 is 34.5 Å². The highest BCUT2D eigenvalue weighted by Crippen LogP contribution is 2.66. The van der Waals surface area contributed by atoms with Gasteiger partial charge in [-0.1, -0.05) is 5.92 Å². The number of aliphatic hydroxyl groups excluding tert-OH is 1. The quantitative estimate of drug-likeness (QED) is 0.143. The summed E-state index contributed by atoms with van der Waals surface area (Å²) in [5.41, 5.74) is -4.54. The van der Waals surface area contributed by atoms with Crippen molar-refractivity contribution < 1.29 is 61.4 Å². The molecule has 1 aliphatic heterocycles. The van der Waals surface area contributed by atoms with E-state index in [9.17, 15) is 43.3 Å². The molecule has 33 heavy (non-hydrogen) atoms. The number of phosphoric acid groups is 3. The Balaban J connectivity index is 2.33. The Kier molecular flexibility index (Phi) is 7.82. The van der Waals surface area contributed by atoms with E-state index >= 15 is 0 Å². The van der Waals surface area contributed by atoms with Gasteiger partial charge in [0, 0.05) is 11.8 Å². The van der Waals surface area contributed by atoms with E-state index in [1.165, 1.54) is 6.92 Å². The van der Waals surface area contributed by atoms with Crippen LogP contribution in [-0.4, -0.2) is 63.3 Å². The summed E-state index contributed by atoms with van der Waals surface area (Å²) < 4.78 is 52.0. The highest BCUT2D eigenvalue weighted by atomic mass is 31.3. The molecule has 1 aliphatic rings. The molecule has 0 spiro atoms. The highest BCUT2D eigenvalue weighted by molar-refractivity contribution is 7.66. The Morgan fingerprint density at radius 1 is 1.21 bits per heavy atom. The third-order valence-electron chi connectivity index (χ3n) is 4.24. The molecule has 7 N–H and O–H groups in total. The molecule has 0 amide bonds. The predicted octanol–water partition coefficient (Wildman–Crippen LogP) is -1.80. The van der Waals surface area contributed by atoms with Crippen molar-refractivity contribution in [2.75, 3.05) is 0 Å². The van der Waals surface area contributed by atoms with Crippen LogP contribution >= 0.6 is 23.5 Å². The maximum atomic E-state index is 12.2. The summed E-state index contributed by atoms with van der Waals surface area (Å²) in [5, 5.41) is 21.3. The number of terminal acetylenes is 1. The van der Waals surface area contributed by atoms with Gasteiger partial charge in [-0.2, -0.15) is 8.62 Å². The minimum Gasteiger partial charge on any atom is -0.386 e. The van der Waals surface area contributed by atoms with Crippen LogP contribution < -0.4 is 11.2 Å². The van der Waals surface area contributed by atoms with Gasteiger partial charge in [-0.15, -0.1) is 6.42 Å². The fourth-order valence-electron chi connectivity index (χ4n) is 2.99. The van der Waals surface area contributed by atoms with Crippen molar-refractivity contribution in [3.05, 3.63) is 32.6 Å². The second-order valence-corrected chi connectivity index (χ2v) is 11.1. The van der Waals surface area contributed by atoms with Gasteiger partial charge in [0.2, 0.25) is 0 Å². The van der Waals surface area contributed by atoms with E-state index in [4.69, 9.17) is 20.9 Å². The first kappa shape index (κ1) is 27.8. The van der Waals surface area contributed by atoms with Crippen LogP contribution in [0.4, 0.5) is 0 Å². The molecule has 2 heterocycles. The number of aromatic amines is 1. The third-order valence-corrected chi connectivity index (χ3v) is 8.16. The van der Waals surface area contributed by atoms with Gasteiger partial charge >= 0.3 is 29.2 Å². The van der Waals surface area contributed by atoms with E-state index in [1.807, 2.05) is 10.9 Å². The van der Waals surface area contributed by atoms with Crippen LogP contribution in [0.5, 0.6) is 0 Å². The van der Waals surface area contributed by atoms with Crippen molar-refractivity contribution in [2.45, 2.75) is 44.0 Å². The van der Waals surface area contributed by atoms with Crippen molar-refractivity contribution in [1.29, 1.82) is 0 Å². The monoisotopic (exact) mass is 536 g/mol. The van der Waals surface area contributed by atoms with Crippen LogP contribution in [0, 0.1) is 19.3 Å². The number of aryl methyl sites for hydroxylation is 1. The first-order chi connectivity index (χ1) is 14.8. The Morgan fingerprint density at radius 3 is 2.27 bits per heavy atom. The van der Waals surface area contributed by atoms with Gasteiger partial charge in [0.25, 0.3) is 5.56 Å². The van der Waals surface area contributed by atoms with Crippen LogP contribution in [0.15, 0.2) is 15.7 Å². The molecule has 1 aromatic heterocycles. The molecule has 0 bridgehead atoms. The van der Waals surface area contributed by atoms with E-state index in [0.717, 1.165) is 13.0 Å². The summed E-state index contributed by atoms with van der Waals surface area (Å²) >= 11 is 0. The largest absolute Gasteiger partial charge is 0.490 e. The zero-order chi connectivity index (χ0) is 25.6. The number of ether oxygens (including phenoxy) is 1. The molecule has 1 aromatic rings.